The predicted octanol–water partition coefficient (Wildman–Crippen LogP) is 12.0. The number of benzene rings is 2. The van der Waals surface area contributed by atoms with Crippen LogP contribution in [0.15, 0.2) is 48.5 Å². The van der Waals surface area contributed by atoms with Crippen molar-refractivity contribution in [2.45, 2.75) is 155 Å². The highest BCUT2D eigenvalue weighted by Crippen LogP contribution is 2.22. The molecule has 3 heteroatoms. The number of hydrogen-bond acceptors (Lipinski definition) is 3. The number of unbranched alkanes of at least 4 members (excludes halogenated alkanes) is 17. The maximum Gasteiger partial charge on any atom is 0.343 e. The van der Waals surface area contributed by atoms with Crippen molar-refractivity contribution < 1.29 is 14.3 Å². The van der Waals surface area contributed by atoms with Crippen LogP contribution in [-0.2, 0) is 11.2 Å². The van der Waals surface area contributed by atoms with E-state index in [4.69, 9.17) is 9.47 Å². The first-order chi connectivity index (χ1) is 20.1. The Morgan fingerprint density at radius 2 is 1.05 bits per heavy atom. The second-order valence-corrected chi connectivity index (χ2v) is 11.9. The van der Waals surface area contributed by atoms with Crippen LogP contribution in [0.3, 0.4) is 0 Å². The lowest BCUT2D eigenvalue weighted by Gasteiger charge is -2.14. The molecular formula is C38H60O3. The Bertz CT molecular complexity index is 887. The van der Waals surface area contributed by atoms with Crippen LogP contribution in [0.1, 0.15) is 170 Å². The lowest BCUT2D eigenvalue weighted by atomic mass is 10.0. The predicted molar refractivity (Wildman–Crippen MR) is 175 cm³/mol. The fourth-order valence-electron chi connectivity index (χ4n) is 5.34. The molecule has 2 rings (SSSR count). The molecule has 0 saturated carbocycles. The molecule has 0 fully saturated rings. The van der Waals surface area contributed by atoms with Gasteiger partial charge in [0.15, 0.2) is 0 Å². The van der Waals surface area contributed by atoms with E-state index in [1.54, 1.807) is 0 Å². The summed E-state index contributed by atoms with van der Waals surface area (Å²) < 4.78 is 11.7. The molecule has 0 aliphatic heterocycles. The van der Waals surface area contributed by atoms with Crippen molar-refractivity contribution in [1.82, 2.24) is 0 Å². The Morgan fingerprint density at radius 3 is 1.54 bits per heavy atom. The van der Waals surface area contributed by atoms with E-state index in [1.165, 1.54) is 115 Å². The van der Waals surface area contributed by atoms with E-state index in [9.17, 15) is 4.79 Å². The van der Waals surface area contributed by atoms with E-state index in [-0.39, 0.29) is 12.1 Å². The lowest BCUT2D eigenvalue weighted by Crippen LogP contribution is -2.08. The van der Waals surface area contributed by atoms with Gasteiger partial charge in [0, 0.05) is 6.61 Å². The third-order valence-corrected chi connectivity index (χ3v) is 8.18. The number of carbonyl (C=O) groups excluding carboxylic acids is 1. The first-order valence-electron chi connectivity index (χ1n) is 17.2. The van der Waals surface area contributed by atoms with Crippen molar-refractivity contribution in [1.29, 1.82) is 0 Å². The maximum absolute atomic E-state index is 12.5. The van der Waals surface area contributed by atoms with E-state index >= 15 is 0 Å². The lowest BCUT2D eigenvalue weighted by molar-refractivity contribution is 0.0627. The third-order valence-electron chi connectivity index (χ3n) is 8.18. The standard InChI is InChI=1S/C38H60O3/c1-4-6-8-9-10-11-12-13-14-15-16-17-18-19-20-21-22-32-40-33(3)35-28-30-37(31-29-35)41-38(39)36-26-24-34(25-27-36)23-7-5-2/h24-31,33H,4-23,32H2,1-3H3. The van der Waals surface area contributed by atoms with Crippen LogP contribution in [0, 0.1) is 0 Å². The zero-order valence-electron chi connectivity index (χ0n) is 26.8. The van der Waals surface area contributed by atoms with Gasteiger partial charge >= 0.3 is 5.97 Å². The van der Waals surface area contributed by atoms with Gasteiger partial charge in [0.05, 0.1) is 11.7 Å². The first kappa shape index (κ1) is 35.1. The largest absolute Gasteiger partial charge is 0.423 e. The van der Waals surface area contributed by atoms with Crippen molar-refractivity contribution >= 4 is 5.97 Å². The smallest absolute Gasteiger partial charge is 0.343 e. The highest BCUT2D eigenvalue weighted by Gasteiger charge is 2.10. The van der Waals surface area contributed by atoms with Gasteiger partial charge in [0.2, 0.25) is 0 Å². The molecule has 0 aromatic heterocycles. The van der Waals surface area contributed by atoms with Gasteiger partial charge in [0.1, 0.15) is 5.75 Å². The molecule has 0 aliphatic carbocycles. The Hall–Kier alpha value is -2.13. The molecule has 2 aromatic carbocycles. The average molecular weight is 565 g/mol. The van der Waals surface area contributed by atoms with Crippen LogP contribution in [0.2, 0.25) is 0 Å². The van der Waals surface area contributed by atoms with E-state index in [0.717, 1.165) is 31.4 Å². The Labute approximate surface area is 252 Å². The van der Waals surface area contributed by atoms with Gasteiger partial charge in [-0.25, -0.2) is 4.79 Å². The molecule has 230 valence electrons. The van der Waals surface area contributed by atoms with Gasteiger partial charge in [-0.1, -0.05) is 147 Å². The van der Waals surface area contributed by atoms with Gasteiger partial charge in [-0.2, -0.15) is 0 Å². The molecule has 41 heavy (non-hydrogen) atoms. The fourth-order valence-corrected chi connectivity index (χ4v) is 5.34. The van der Waals surface area contributed by atoms with E-state index in [2.05, 4.69) is 20.8 Å². The van der Waals surface area contributed by atoms with E-state index in [0.29, 0.717) is 11.3 Å². The summed E-state index contributed by atoms with van der Waals surface area (Å²) in [5.74, 6) is 0.247. The van der Waals surface area contributed by atoms with Crippen LogP contribution in [0.5, 0.6) is 5.75 Å². The Kier molecular flexibility index (Phi) is 20.0. The van der Waals surface area contributed by atoms with Crippen molar-refractivity contribution in [3.05, 3.63) is 65.2 Å². The van der Waals surface area contributed by atoms with Crippen molar-refractivity contribution in [2.75, 3.05) is 6.61 Å². The number of ether oxygens (including phenoxy) is 2. The van der Waals surface area contributed by atoms with E-state index in [1.807, 2.05) is 48.5 Å². The molecule has 0 amide bonds. The summed E-state index contributed by atoms with van der Waals surface area (Å²) in [5, 5.41) is 0. The Morgan fingerprint density at radius 1 is 0.585 bits per heavy atom. The summed E-state index contributed by atoms with van der Waals surface area (Å²) in [5.41, 5.74) is 2.95. The average Bonchev–Trinajstić information content (AvgIpc) is 3.00. The molecule has 1 unspecified atom stereocenters. The molecule has 0 aliphatic rings. The van der Waals surface area contributed by atoms with Crippen LogP contribution in [0.25, 0.3) is 0 Å². The zero-order valence-corrected chi connectivity index (χ0v) is 26.8. The molecule has 3 nitrogen and oxygen atoms in total. The SMILES string of the molecule is CCCCCCCCCCCCCCCCCCCOC(C)c1ccc(OC(=O)c2ccc(CCCC)cc2)cc1. The highest BCUT2D eigenvalue weighted by molar-refractivity contribution is 5.91. The molecule has 0 N–H and O–H groups in total. The topological polar surface area (TPSA) is 35.5 Å². The fraction of sp³-hybridized carbons (Fsp3) is 0.658. The summed E-state index contributed by atoms with van der Waals surface area (Å²) in [6.07, 6.45) is 27.0. The monoisotopic (exact) mass is 564 g/mol. The number of esters is 1. The summed E-state index contributed by atoms with van der Waals surface area (Å²) >= 11 is 0. The molecule has 0 heterocycles. The molecule has 0 spiro atoms. The molecular weight excluding hydrogens is 504 g/mol. The number of carbonyl (C=O) groups is 1. The molecule has 0 saturated heterocycles. The van der Waals surface area contributed by atoms with Gasteiger partial charge in [-0.15, -0.1) is 0 Å². The molecule has 1 atom stereocenters. The molecule has 2 aromatic rings. The van der Waals surface area contributed by atoms with Crippen LogP contribution < -0.4 is 4.74 Å². The van der Waals surface area contributed by atoms with Crippen molar-refractivity contribution in [3.8, 4) is 5.75 Å². The Balaban J connectivity index is 1.45. The van der Waals surface area contributed by atoms with Crippen LogP contribution in [0.4, 0.5) is 0 Å². The van der Waals surface area contributed by atoms with Gasteiger partial charge in [0.25, 0.3) is 0 Å². The summed E-state index contributed by atoms with van der Waals surface area (Å²) in [4.78, 5) is 12.5. The first-order valence-corrected chi connectivity index (χ1v) is 17.2. The van der Waals surface area contributed by atoms with Crippen molar-refractivity contribution in [2.24, 2.45) is 0 Å². The second-order valence-electron chi connectivity index (χ2n) is 11.9. The van der Waals surface area contributed by atoms with Crippen LogP contribution >= 0.6 is 0 Å². The number of hydrogen-bond donors (Lipinski definition) is 0. The minimum atomic E-state index is -0.317. The van der Waals surface area contributed by atoms with E-state index < -0.39 is 0 Å². The maximum atomic E-state index is 12.5. The normalized spacial score (nSPS) is 12.0. The van der Waals surface area contributed by atoms with Gasteiger partial charge < -0.3 is 9.47 Å². The van der Waals surface area contributed by atoms with Crippen LogP contribution in [-0.4, -0.2) is 12.6 Å². The summed E-state index contributed by atoms with van der Waals surface area (Å²) in [7, 11) is 0. The molecule has 0 radical (unpaired) electrons. The van der Waals surface area contributed by atoms with Gasteiger partial charge in [-0.05, 0) is 61.6 Å². The van der Waals surface area contributed by atoms with Gasteiger partial charge in [-0.3, -0.25) is 0 Å². The second kappa shape index (κ2) is 23.4. The van der Waals surface area contributed by atoms with Crippen molar-refractivity contribution in [3.63, 3.8) is 0 Å². The third kappa shape index (κ3) is 16.8. The molecule has 0 bridgehead atoms. The number of aryl methyl sites for hydroxylation is 1. The zero-order chi connectivity index (χ0) is 29.4. The minimum Gasteiger partial charge on any atom is -0.423 e. The summed E-state index contributed by atoms with van der Waals surface area (Å²) in [6.45, 7) is 7.37. The number of rotatable bonds is 25. The summed E-state index contributed by atoms with van der Waals surface area (Å²) in [6, 6.07) is 15.5. The minimum absolute atomic E-state index is 0.0384. The highest BCUT2D eigenvalue weighted by atomic mass is 16.5. The quantitative estimate of drug-likeness (QED) is 0.0683.